The van der Waals surface area contributed by atoms with Crippen LogP contribution in [0.1, 0.15) is 51.1 Å². The first-order valence-corrected chi connectivity index (χ1v) is 13.4. The van der Waals surface area contributed by atoms with Crippen molar-refractivity contribution in [3.63, 3.8) is 0 Å². The molecule has 3 aromatic rings. The SMILES string of the molecule is O=C(NCc1cc(C(F)(F)F)ccn1)c1ccc(CNc2c(Cl)ccc3c2CCNCC3)cc1.O=C(O)CCC(=O)O. The molecule has 1 amide bonds. The summed E-state index contributed by atoms with van der Waals surface area (Å²) in [6, 6.07) is 12.9. The molecule has 0 atom stereocenters. The number of carbonyl (C=O) groups is 3. The molecule has 1 aromatic heterocycles. The average molecular weight is 607 g/mol. The van der Waals surface area contributed by atoms with Crippen LogP contribution in [-0.2, 0) is 41.7 Å². The molecule has 1 aliphatic heterocycles. The molecule has 0 unspecified atom stereocenters. The number of halogens is 4. The number of anilines is 1. The Balaban J connectivity index is 0.000000531. The summed E-state index contributed by atoms with van der Waals surface area (Å²) in [4.78, 5) is 35.6. The highest BCUT2D eigenvalue weighted by atomic mass is 35.5. The number of carbonyl (C=O) groups excluding carboxylic acids is 1. The molecule has 1 aliphatic rings. The third-order valence-electron chi connectivity index (χ3n) is 6.29. The summed E-state index contributed by atoms with van der Waals surface area (Å²) in [5.41, 5.74) is 4.19. The summed E-state index contributed by atoms with van der Waals surface area (Å²) < 4.78 is 38.5. The van der Waals surface area contributed by atoms with Crippen molar-refractivity contribution >= 4 is 35.1 Å². The van der Waals surface area contributed by atoms with Crippen molar-refractivity contribution in [2.75, 3.05) is 18.4 Å². The molecule has 0 saturated carbocycles. The van der Waals surface area contributed by atoms with Crippen LogP contribution in [0.25, 0.3) is 0 Å². The smallest absolute Gasteiger partial charge is 0.416 e. The Hall–Kier alpha value is -4.16. The van der Waals surface area contributed by atoms with Crippen LogP contribution in [0.3, 0.4) is 0 Å². The number of aromatic nitrogens is 1. The van der Waals surface area contributed by atoms with E-state index in [4.69, 9.17) is 21.8 Å². The van der Waals surface area contributed by atoms with Gasteiger partial charge in [0.25, 0.3) is 5.91 Å². The first-order valence-electron chi connectivity index (χ1n) is 13.0. The molecule has 0 aliphatic carbocycles. The summed E-state index contributed by atoms with van der Waals surface area (Å²) in [6.45, 7) is 2.29. The third kappa shape index (κ3) is 10.0. The fraction of sp³-hybridized carbons (Fsp3) is 0.310. The minimum absolute atomic E-state index is 0.0987. The topological polar surface area (TPSA) is 141 Å². The van der Waals surface area contributed by atoms with Gasteiger partial charge in [-0.15, -0.1) is 0 Å². The summed E-state index contributed by atoms with van der Waals surface area (Å²) in [7, 11) is 0. The van der Waals surface area contributed by atoms with Crippen LogP contribution in [0, 0.1) is 0 Å². The molecule has 42 heavy (non-hydrogen) atoms. The lowest BCUT2D eigenvalue weighted by Gasteiger charge is -2.16. The number of pyridine rings is 1. The number of nitrogens with zero attached hydrogens (tertiary/aromatic N) is 1. The lowest BCUT2D eigenvalue weighted by Crippen LogP contribution is -2.23. The largest absolute Gasteiger partial charge is 0.481 e. The van der Waals surface area contributed by atoms with Crippen LogP contribution in [0.4, 0.5) is 18.9 Å². The zero-order chi connectivity index (χ0) is 30.7. The van der Waals surface area contributed by atoms with Gasteiger partial charge in [0.15, 0.2) is 0 Å². The highest BCUT2D eigenvalue weighted by Gasteiger charge is 2.30. The van der Waals surface area contributed by atoms with E-state index in [0.717, 1.165) is 55.5 Å². The molecule has 9 nitrogen and oxygen atoms in total. The predicted molar refractivity (Wildman–Crippen MR) is 150 cm³/mol. The number of nitrogens with one attached hydrogen (secondary N) is 3. The second kappa shape index (κ2) is 15.2. The van der Waals surface area contributed by atoms with Crippen LogP contribution >= 0.6 is 11.6 Å². The van der Waals surface area contributed by atoms with E-state index in [1.165, 1.54) is 11.1 Å². The van der Waals surface area contributed by atoms with E-state index in [1.54, 1.807) is 12.1 Å². The van der Waals surface area contributed by atoms with E-state index in [0.29, 0.717) is 17.1 Å². The first kappa shape index (κ1) is 32.4. The number of benzene rings is 2. The third-order valence-corrected chi connectivity index (χ3v) is 6.61. The number of carboxylic acids is 2. The van der Waals surface area contributed by atoms with Gasteiger partial charge >= 0.3 is 18.1 Å². The summed E-state index contributed by atoms with van der Waals surface area (Å²) >= 11 is 6.46. The van der Waals surface area contributed by atoms with E-state index >= 15 is 0 Å². The van der Waals surface area contributed by atoms with Gasteiger partial charge in [0.05, 0.1) is 41.4 Å². The van der Waals surface area contributed by atoms with Crippen LogP contribution in [-0.4, -0.2) is 46.1 Å². The molecule has 0 saturated heterocycles. The van der Waals surface area contributed by atoms with Crippen molar-refractivity contribution in [2.24, 2.45) is 0 Å². The van der Waals surface area contributed by atoms with Gasteiger partial charge in [-0.05, 0) is 73.0 Å². The van der Waals surface area contributed by atoms with E-state index in [2.05, 4.69) is 27.0 Å². The maximum atomic E-state index is 12.8. The normalized spacial score (nSPS) is 12.7. The number of carboxylic acid groups (broad SMARTS) is 2. The highest BCUT2D eigenvalue weighted by Crippen LogP contribution is 2.31. The van der Waals surface area contributed by atoms with Gasteiger partial charge in [0.2, 0.25) is 0 Å². The molecule has 0 spiro atoms. The van der Waals surface area contributed by atoms with Gasteiger partial charge < -0.3 is 26.2 Å². The number of aliphatic carboxylic acids is 2. The number of amides is 1. The summed E-state index contributed by atoms with van der Waals surface area (Å²) in [6.07, 6.45) is -2.10. The lowest BCUT2D eigenvalue weighted by molar-refractivity contribution is -0.143. The van der Waals surface area contributed by atoms with Crippen molar-refractivity contribution in [3.8, 4) is 0 Å². The molecule has 0 bridgehead atoms. The Bertz CT molecular complexity index is 1390. The summed E-state index contributed by atoms with van der Waals surface area (Å²) in [5.74, 6) is -2.54. The van der Waals surface area contributed by atoms with Crippen molar-refractivity contribution in [1.29, 1.82) is 0 Å². The Morgan fingerprint density at radius 3 is 2.24 bits per heavy atom. The maximum absolute atomic E-state index is 12.8. The molecule has 4 rings (SSSR count). The monoisotopic (exact) mass is 606 g/mol. The minimum atomic E-state index is -4.45. The molecule has 224 valence electrons. The molecular weight excluding hydrogens is 577 g/mol. The van der Waals surface area contributed by atoms with E-state index in [-0.39, 0.29) is 31.0 Å². The quantitative estimate of drug-likeness (QED) is 0.231. The van der Waals surface area contributed by atoms with Gasteiger partial charge in [-0.2, -0.15) is 13.2 Å². The van der Waals surface area contributed by atoms with E-state index in [9.17, 15) is 27.6 Å². The zero-order valence-corrected chi connectivity index (χ0v) is 23.2. The zero-order valence-electron chi connectivity index (χ0n) is 22.4. The van der Waals surface area contributed by atoms with Gasteiger partial charge in [0.1, 0.15) is 0 Å². The van der Waals surface area contributed by atoms with E-state index < -0.39 is 23.7 Å². The predicted octanol–water partition coefficient (Wildman–Crippen LogP) is 4.92. The van der Waals surface area contributed by atoms with Gasteiger partial charge in [-0.1, -0.05) is 29.8 Å². The molecule has 2 heterocycles. The molecule has 5 N–H and O–H groups in total. The average Bonchev–Trinajstić information content (AvgIpc) is 3.20. The molecule has 2 aromatic carbocycles. The molecular formula is C29H30ClF3N4O5. The van der Waals surface area contributed by atoms with Crippen molar-refractivity contribution < 1.29 is 37.8 Å². The number of rotatable bonds is 9. The number of hydrogen-bond donors (Lipinski definition) is 5. The highest BCUT2D eigenvalue weighted by molar-refractivity contribution is 6.33. The van der Waals surface area contributed by atoms with Crippen molar-refractivity contribution in [3.05, 3.63) is 93.3 Å². The second-order valence-electron chi connectivity index (χ2n) is 9.36. The van der Waals surface area contributed by atoms with Crippen LogP contribution in [0.2, 0.25) is 5.02 Å². The van der Waals surface area contributed by atoms with Gasteiger partial charge in [-0.25, -0.2) is 0 Å². The standard InChI is InChI=1S/C25H24ClF3N4O.C4H6O4/c26-22-6-5-17-7-10-30-11-9-21(17)23(22)32-14-16-1-3-18(4-2-16)24(34)33-15-20-13-19(8-12-31-20)25(27,28)29;5-3(6)1-2-4(7)8/h1-6,8,12-13,30,32H,7,9-11,14-15H2,(H,33,34);1-2H2,(H,5,6)(H,7,8). The minimum Gasteiger partial charge on any atom is -0.481 e. The number of alkyl halides is 3. The van der Waals surface area contributed by atoms with Crippen LogP contribution in [0.5, 0.6) is 0 Å². The fourth-order valence-electron chi connectivity index (χ4n) is 4.14. The maximum Gasteiger partial charge on any atom is 0.416 e. The molecule has 13 heteroatoms. The lowest BCUT2D eigenvalue weighted by atomic mass is 10.0. The fourth-order valence-corrected chi connectivity index (χ4v) is 4.38. The van der Waals surface area contributed by atoms with Gasteiger partial charge in [0, 0.05) is 18.3 Å². The Labute approximate surface area is 245 Å². The Kier molecular flexibility index (Phi) is 11.7. The Morgan fingerprint density at radius 1 is 0.929 bits per heavy atom. The summed E-state index contributed by atoms with van der Waals surface area (Å²) in [5, 5.41) is 25.9. The van der Waals surface area contributed by atoms with Crippen molar-refractivity contribution in [2.45, 2.75) is 44.9 Å². The van der Waals surface area contributed by atoms with E-state index in [1.807, 2.05) is 18.2 Å². The molecule has 0 fully saturated rings. The first-order chi connectivity index (χ1) is 19.9. The van der Waals surface area contributed by atoms with Gasteiger partial charge in [-0.3, -0.25) is 19.4 Å². The number of hydrogen-bond acceptors (Lipinski definition) is 6. The second-order valence-corrected chi connectivity index (χ2v) is 9.77. The molecule has 0 radical (unpaired) electrons. The Morgan fingerprint density at radius 2 is 1.60 bits per heavy atom. The van der Waals surface area contributed by atoms with Crippen LogP contribution in [0.15, 0.2) is 54.7 Å². The number of fused-ring (bicyclic) bond motifs is 1. The van der Waals surface area contributed by atoms with Crippen molar-refractivity contribution in [1.82, 2.24) is 15.6 Å². The van der Waals surface area contributed by atoms with Crippen LogP contribution < -0.4 is 16.0 Å².